The van der Waals surface area contributed by atoms with Gasteiger partial charge in [0.2, 0.25) is 0 Å². The Labute approximate surface area is 105 Å². The van der Waals surface area contributed by atoms with Gasteiger partial charge in [-0.25, -0.2) is 18.7 Å². The first-order valence-corrected chi connectivity index (χ1v) is 5.85. The largest absolute Gasteiger partial charge is 0.396 e. The number of carbonyl (C=O) groups is 1. The lowest BCUT2D eigenvalue weighted by Crippen LogP contribution is -2.31. The fourth-order valence-electron chi connectivity index (χ4n) is 1.47. The summed E-state index contributed by atoms with van der Waals surface area (Å²) >= 11 is 1.05. The minimum Gasteiger partial charge on any atom is -0.396 e. The van der Waals surface area contributed by atoms with Crippen molar-refractivity contribution in [2.45, 2.75) is 6.43 Å². The van der Waals surface area contributed by atoms with Gasteiger partial charge in [-0.2, -0.15) is 0 Å². The maximum atomic E-state index is 12.2. The van der Waals surface area contributed by atoms with Crippen molar-refractivity contribution in [2.24, 2.45) is 0 Å². The quantitative estimate of drug-likeness (QED) is 0.921. The summed E-state index contributed by atoms with van der Waals surface area (Å²) in [6.45, 7) is -0.632. The Morgan fingerprint density at radius 3 is 2.78 bits per heavy atom. The van der Waals surface area contributed by atoms with E-state index in [1.54, 1.807) is 0 Å². The summed E-state index contributed by atoms with van der Waals surface area (Å²) in [6, 6.07) is 0. The lowest BCUT2D eigenvalue weighted by atomic mass is 10.3. The van der Waals surface area contributed by atoms with Crippen LogP contribution < -0.4 is 5.73 Å². The zero-order valence-electron chi connectivity index (χ0n) is 9.43. The van der Waals surface area contributed by atoms with Crippen molar-refractivity contribution < 1.29 is 13.6 Å². The van der Waals surface area contributed by atoms with E-state index < -0.39 is 18.9 Å². The minimum absolute atomic E-state index is 0.189. The van der Waals surface area contributed by atoms with Crippen LogP contribution in [-0.2, 0) is 0 Å². The predicted octanol–water partition coefficient (Wildman–Crippen LogP) is 1.61. The summed E-state index contributed by atoms with van der Waals surface area (Å²) < 4.78 is 24.4. The molecule has 2 aromatic heterocycles. The Hall–Kier alpha value is -1.83. The third-order valence-corrected chi connectivity index (χ3v) is 3.41. The van der Waals surface area contributed by atoms with Crippen LogP contribution in [0, 0.1) is 0 Å². The van der Waals surface area contributed by atoms with Crippen LogP contribution >= 0.6 is 11.3 Å². The van der Waals surface area contributed by atoms with Crippen molar-refractivity contribution in [1.29, 1.82) is 0 Å². The number of amides is 1. The van der Waals surface area contributed by atoms with E-state index in [1.807, 2.05) is 0 Å². The molecule has 1 amide bonds. The summed E-state index contributed by atoms with van der Waals surface area (Å²) in [4.78, 5) is 21.6. The SMILES string of the molecule is CN(CC(F)F)C(=O)c1sc2nccnc2c1N. The Bertz CT molecular complexity index is 586. The van der Waals surface area contributed by atoms with Gasteiger partial charge in [0.05, 0.1) is 12.2 Å². The summed E-state index contributed by atoms with van der Waals surface area (Å²) in [6.07, 6.45) is 0.364. The molecule has 0 aliphatic carbocycles. The molecule has 0 saturated carbocycles. The molecular formula is C10H10F2N4OS. The van der Waals surface area contributed by atoms with Crippen molar-refractivity contribution >= 4 is 33.3 Å². The normalized spacial score (nSPS) is 11.1. The third-order valence-electron chi connectivity index (χ3n) is 2.32. The van der Waals surface area contributed by atoms with E-state index in [1.165, 1.54) is 19.4 Å². The molecule has 2 N–H and O–H groups in total. The number of nitrogens with zero attached hydrogens (tertiary/aromatic N) is 3. The first-order valence-electron chi connectivity index (χ1n) is 5.03. The van der Waals surface area contributed by atoms with Gasteiger partial charge in [-0.15, -0.1) is 11.3 Å². The van der Waals surface area contributed by atoms with Gasteiger partial charge in [-0.3, -0.25) is 4.79 Å². The first-order chi connectivity index (χ1) is 8.50. The molecule has 0 bridgehead atoms. The molecule has 8 heteroatoms. The van der Waals surface area contributed by atoms with Crippen LogP contribution in [0.25, 0.3) is 10.3 Å². The van der Waals surface area contributed by atoms with Crippen LogP contribution in [0.2, 0.25) is 0 Å². The Kier molecular flexibility index (Phi) is 3.37. The van der Waals surface area contributed by atoms with E-state index in [-0.39, 0.29) is 10.6 Å². The molecule has 18 heavy (non-hydrogen) atoms. The maximum Gasteiger partial charge on any atom is 0.266 e. The van der Waals surface area contributed by atoms with E-state index >= 15 is 0 Å². The topological polar surface area (TPSA) is 72.1 Å². The number of thiophene rings is 1. The van der Waals surface area contributed by atoms with E-state index in [9.17, 15) is 13.6 Å². The van der Waals surface area contributed by atoms with E-state index in [4.69, 9.17) is 5.73 Å². The molecule has 0 radical (unpaired) electrons. The number of anilines is 1. The van der Waals surface area contributed by atoms with Crippen LogP contribution in [0.15, 0.2) is 12.4 Å². The molecule has 0 aromatic carbocycles. The van der Waals surface area contributed by atoms with Gasteiger partial charge in [0.25, 0.3) is 12.3 Å². The molecule has 0 atom stereocenters. The second kappa shape index (κ2) is 4.81. The van der Waals surface area contributed by atoms with Gasteiger partial charge < -0.3 is 10.6 Å². The summed E-state index contributed by atoms with van der Waals surface area (Å²) in [5.74, 6) is -0.544. The Morgan fingerprint density at radius 1 is 1.50 bits per heavy atom. The smallest absolute Gasteiger partial charge is 0.266 e. The zero-order chi connectivity index (χ0) is 13.3. The number of hydrogen-bond acceptors (Lipinski definition) is 5. The fraction of sp³-hybridized carbons (Fsp3) is 0.300. The molecule has 2 rings (SSSR count). The Morgan fingerprint density at radius 2 is 2.17 bits per heavy atom. The summed E-state index contributed by atoms with van der Waals surface area (Å²) in [5, 5.41) is 0. The molecule has 2 aromatic rings. The van der Waals surface area contributed by atoms with Gasteiger partial charge in [0, 0.05) is 19.4 Å². The van der Waals surface area contributed by atoms with Crippen LogP contribution in [0.5, 0.6) is 0 Å². The highest BCUT2D eigenvalue weighted by atomic mass is 32.1. The van der Waals surface area contributed by atoms with Crippen molar-refractivity contribution in [1.82, 2.24) is 14.9 Å². The number of rotatable bonds is 3. The molecule has 0 aliphatic heterocycles. The Balaban J connectivity index is 2.36. The molecule has 0 aliphatic rings. The molecule has 2 heterocycles. The van der Waals surface area contributed by atoms with Crippen molar-refractivity contribution in [3.63, 3.8) is 0 Å². The van der Waals surface area contributed by atoms with Gasteiger partial charge in [0.15, 0.2) is 0 Å². The lowest BCUT2D eigenvalue weighted by molar-refractivity contribution is 0.0625. The average Bonchev–Trinajstić information content (AvgIpc) is 2.66. The third kappa shape index (κ3) is 2.23. The molecule has 0 spiro atoms. The highest BCUT2D eigenvalue weighted by Crippen LogP contribution is 2.31. The van der Waals surface area contributed by atoms with Gasteiger partial charge in [-0.1, -0.05) is 0 Å². The van der Waals surface area contributed by atoms with Crippen LogP contribution in [0.1, 0.15) is 9.67 Å². The van der Waals surface area contributed by atoms with Crippen LogP contribution in [0.3, 0.4) is 0 Å². The second-order valence-electron chi connectivity index (χ2n) is 3.63. The summed E-state index contributed by atoms with van der Waals surface area (Å²) in [7, 11) is 1.30. The lowest BCUT2D eigenvalue weighted by Gasteiger charge is -2.15. The molecule has 5 nitrogen and oxygen atoms in total. The molecule has 0 unspecified atom stereocenters. The minimum atomic E-state index is -2.58. The zero-order valence-corrected chi connectivity index (χ0v) is 10.2. The van der Waals surface area contributed by atoms with Crippen molar-refractivity contribution in [3.8, 4) is 0 Å². The van der Waals surface area contributed by atoms with Crippen LogP contribution in [0.4, 0.5) is 14.5 Å². The number of nitrogen functional groups attached to an aromatic ring is 1. The van der Waals surface area contributed by atoms with Crippen LogP contribution in [-0.4, -0.2) is 40.8 Å². The van der Waals surface area contributed by atoms with Gasteiger partial charge >= 0.3 is 0 Å². The van der Waals surface area contributed by atoms with E-state index in [0.29, 0.717) is 10.3 Å². The molecule has 0 fully saturated rings. The highest BCUT2D eigenvalue weighted by molar-refractivity contribution is 7.21. The highest BCUT2D eigenvalue weighted by Gasteiger charge is 2.22. The number of carbonyl (C=O) groups excluding carboxylic acids is 1. The number of aromatic nitrogens is 2. The molecule has 96 valence electrons. The number of fused-ring (bicyclic) bond motifs is 1. The summed E-state index contributed by atoms with van der Waals surface area (Å²) in [5.41, 5.74) is 6.40. The number of alkyl halides is 2. The standard InChI is InChI=1S/C10H10F2N4OS/c1-16(4-5(11)12)10(17)8-6(13)7-9(18-8)15-3-2-14-7/h2-3,5H,4,13H2,1H3. The van der Waals surface area contributed by atoms with Crippen molar-refractivity contribution in [3.05, 3.63) is 17.3 Å². The van der Waals surface area contributed by atoms with E-state index in [0.717, 1.165) is 16.2 Å². The second-order valence-corrected chi connectivity index (χ2v) is 4.63. The number of hydrogen-bond donors (Lipinski definition) is 1. The average molecular weight is 272 g/mol. The number of nitrogens with two attached hydrogens (primary N) is 1. The van der Waals surface area contributed by atoms with Gasteiger partial charge in [-0.05, 0) is 0 Å². The molecule has 0 saturated heterocycles. The van der Waals surface area contributed by atoms with E-state index in [2.05, 4.69) is 9.97 Å². The monoisotopic (exact) mass is 272 g/mol. The predicted molar refractivity (Wildman–Crippen MR) is 64.8 cm³/mol. The van der Waals surface area contributed by atoms with Gasteiger partial charge in [0.1, 0.15) is 15.2 Å². The number of halogens is 2. The maximum absolute atomic E-state index is 12.2. The first kappa shape index (κ1) is 12.6. The fourth-order valence-corrected chi connectivity index (χ4v) is 2.48. The van der Waals surface area contributed by atoms with Crippen molar-refractivity contribution in [2.75, 3.05) is 19.3 Å². The molecular weight excluding hydrogens is 262 g/mol.